The number of aryl methyl sites for hydroxylation is 2. The zero-order chi connectivity index (χ0) is 21.4. The summed E-state index contributed by atoms with van der Waals surface area (Å²) >= 11 is 6.07. The van der Waals surface area contributed by atoms with Crippen molar-refractivity contribution in [2.24, 2.45) is 7.05 Å². The predicted octanol–water partition coefficient (Wildman–Crippen LogP) is 4.44. The SMILES string of the molecule is Cc1noc2nc(-c3cccc(OC(F)F)c3)cc(C(=O)Nc3nn(C)cc3Cl)c12. The Hall–Kier alpha value is -3.53. The maximum Gasteiger partial charge on any atom is 0.387 e. The van der Waals surface area contributed by atoms with Gasteiger partial charge in [-0.05, 0) is 25.1 Å². The van der Waals surface area contributed by atoms with Gasteiger partial charge in [0.2, 0.25) is 0 Å². The summed E-state index contributed by atoms with van der Waals surface area (Å²) in [7, 11) is 1.67. The van der Waals surface area contributed by atoms with Crippen LogP contribution in [0.15, 0.2) is 41.1 Å². The second-order valence-electron chi connectivity index (χ2n) is 6.36. The lowest BCUT2D eigenvalue weighted by atomic mass is 10.0. The van der Waals surface area contributed by atoms with Crippen LogP contribution in [-0.4, -0.2) is 32.4 Å². The van der Waals surface area contributed by atoms with Crippen molar-refractivity contribution in [1.29, 1.82) is 0 Å². The molecule has 0 aliphatic carbocycles. The number of carbonyl (C=O) groups excluding carboxylic acids is 1. The van der Waals surface area contributed by atoms with E-state index in [1.54, 1.807) is 26.2 Å². The van der Waals surface area contributed by atoms with Crippen LogP contribution in [-0.2, 0) is 7.05 Å². The first kappa shape index (κ1) is 19.8. The fraction of sp³-hybridized carbons (Fsp3) is 0.158. The first-order valence-corrected chi connectivity index (χ1v) is 9.02. The molecule has 8 nitrogen and oxygen atoms in total. The Bertz CT molecular complexity index is 1250. The largest absolute Gasteiger partial charge is 0.435 e. The summed E-state index contributed by atoms with van der Waals surface area (Å²) in [4.78, 5) is 17.4. The summed E-state index contributed by atoms with van der Waals surface area (Å²) in [6.45, 7) is -1.29. The monoisotopic (exact) mass is 433 g/mol. The van der Waals surface area contributed by atoms with Gasteiger partial charge in [0, 0.05) is 18.8 Å². The molecule has 0 aliphatic rings. The Morgan fingerprint density at radius 1 is 1.33 bits per heavy atom. The fourth-order valence-corrected chi connectivity index (χ4v) is 3.20. The molecule has 1 amide bonds. The zero-order valence-corrected chi connectivity index (χ0v) is 16.4. The third-order valence-electron chi connectivity index (χ3n) is 4.23. The highest BCUT2D eigenvalue weighted by molar-refractivity contribution is 6.33. The lowest BCUT2D eigenvalue weighted by Crippen LogP contribution is -2.14. The summed E-state index contributed by atoms with van der Waals surface area (Å²) in [6, 6.07) is 7.48. The number of nitrogens with one attached hydrogen (secondary N) is 1. The van der Waals surface area contributed by atoms with Gasteiger partial charge in [0.15, 0.2) is 5.82 Å². The van der Waals surface area contributed by atoms with Crippen molar-refractivity contribution in [3.63, 3.8) is 0 Å². The number of nitrogens with zero attached hydrogens (tertiary/aromatic N) is 4. The van der Waals surface area contributed by atoms with E-state index >= 15 is 0 Å². The van der Waals surface area contributed by atoms with Gasteiger partial charge in [0.05, 0.1) is 22.3 Å². The summed E-state index contributed by atoms with van der Waals surface area (Å²) in [6.07, 6.45) is 1.55. The van der Waals surface area contributed by atoms with E-state index in [0.717, 1.165) is 0 Å². The highest BCUT2D eigenvalue weighted by atomic mass is 35.5. The molecule has 0 bridgehead atoms. The standard InChI is InChI=1S/C19H14ClF2N5O3/c1-9-15-12(17(28)24-16-13(20)8-27(2)25-16)7-14(23-18(15)30-26-9)10-4-3-5-11(6-10)29-19(21)22/h3-8,19H,1-2H3,(H,24,25,28). The maximum absolute atomic E-state index is 13.0. The number of amides is 1. The van der Waals surface area contributed by atoms with Crippen molar-refractivity contribution in [2.75, 3.05) is 5.32 Å². The third kappa shape index (κ3) is 3.81. The molecule has 1 N–H and O–H groups in total. The second-order valence-corrected chi connectivity index (χ2v) is 6.77. The molecule has 0 unspecified atom stereocenters. The number of halogens is 3. The first-order chi connectivity index (χ1) is 14.3. The number of ether oxygens (including phenoxy) is 1. The van der Waals surface area contributed by atoms with Crippen LogP contribution in [0.25, 0.3) is 22.4 Å². The van der Waals surface area contributed by atoms with Gasteiger partial charge in [0.25, 0.3) is 11.6 Å². The Balaban J connectivity index is 1.79. The van der Waals surface area contributed by atoms with Crippen LogP contribution in [0.4, 0.5) is 14.6 Å². The van der Waals surface area contributed by atoms with Crippen LogP contribution in [0.3, 0.4) is 0 Å². The molecule has 1 aromatic carbocycles. The second kappa shape index (κ2) is 7.71. The molecule has 0 atom stereocenters. The quantitative estimate of drug-likeness (QED) is 0.500. The van der Waals surface area contributed by atoms with Crippen molar-refractivity contribution >= 4 is 34.4 Å². The number of alkyl halides is 2. The number of rotatable bonds is 5. The normalized spacial score (nSPS) is 11.3. The number of hydrogen-bond donors (Lipinski definition) is 1. The summed E-state index contributed by atoms with van der Waals surface area (Å²) in [5.74, 6) is -0.350. The third-order valence-corrected chi connectivity index (χ3v) is 4.51. The molecule has 154 valence electrons. The van der Waals surface area contributed by atoms with Gasteiger partial charge in [-0.2, -0.15) is 13.9 Å². The topological polar surface area (TPSA) is 95.1 Å². The van der Waals surface area contributed by atoms with Gasteiger partial charge in [-0.3, -0.25) is 9.48 Å². The fourth-order valence-electron chi connectivity index (χ4n) is 2.97. The number of hydrogen-bond acceptors (Lipinski definition) is 6. The maximum atomic E-state index is 13.0. The summed E-state index contributed by atoms with van der Waals surface area (Å²) in [5.41, 5.74) is 1.58. The summed E-state index contributed by atoms with van der Waals surface area (Å²) in [5, 5.41) is 11.3. The van der Waals surface area contributed by atoms with Gasteiger partial charge in [-0.25, -0.2) is 4.98 Å². The van der Waals surface area contributed by atoms with Crippen LogP contribution in [0.2, 0.25) is 5.02 Å². The van der Waals surface area contributed by atoms with E-state index in [2.05, 4.69) is 25.3 Å². The molecule has 3 heterocycles. The van der Waals surface area contributed by atoms with E-state index in [1.807, 2.05) is 0 Å². The minimum absolute atomic E-state index is 0.0376. The number of anilines is 1. The molecular weight excluding hydrogens is 420 g/mol. The Kier molecular flexibility index (Phi) is 5.08. The van der Waals surface area contributed by atoms with Gasteiger partial charge >= 0.3 is 6.61 Å². The van der Waals surface area contributed by atoms with Gasteiger partial charge in [0.1, 0.15) is 10.8 Å². The molecule has 0 spiro atoms. The van der Waals surface area contributed by atoms with E-state index in [-0.39, 0.29) is 27.9 Å². The minimum Gasteiger partial charge on any atom is -0.435 e. The van der Waals surface area contributed by atoms with Crippen molar-refractivity contribution < 1.29 is 22.8 Å². The van der Waals surface area contributed by atoms with Crippen molar-refractivity contribution in [2.45, 2.75) is 13.5 Å². The number of fused-ring (bicyclic) bond motifs is 1. The molecule has 0 saturated heterocycles. The van der Waals surface area contributed by atoms with Gasteiger partial charge < -0.3 is 14.6 Å². The molecule has 0 fully saturated rings. The summed E-state index contributed by atoms with van der Waals surface area (Å²) < 4.78 is 36.2. The molecule has 4 rings (SSSR count). The average molecular weight is 434 g/mol. The van der Waals surface area contributed by atoms with E-state index in [9.17, 15) is 13.6 Å². The number of carbonyl (C=O) groups is 1. The highest BCUT2D eigenvalue weighted by Crippen LogP contribution is 2.30. The van der Waals surface area contributed by atoms with E-state index in [1.165, 1.54) is 28.9 Å². The van der Waals surface area contributed by atoms with Crippen LogP contribution in [0.5, 0.6) is 5.75 Å². The molecule has 11 heteroatoms. The lowest BCUT2D eigenvalue weighted by molar-refractivity contribution is -0.0498. The smallest absolute Gasteiger partial charge is 0.387 e. The van der Waals surface area contributed by atoms with Crippen molar-refractivity contribution in [3.05, 3.63) is 52.8 Å². The molecule has 0 aliphatic heterocycles. The van der Waals surface area contributed by atoms with Crippen LogP contribution in [0, 0.1) is 6.92 Å². The Labute approximate surface area is 173 Å². The average Bonchev–Trinajstić information content (AvgIpc) is 3.22. The molecule has 30 heavy (non-hydrogen) atoms. The lowest BCUT2D eigenvalue weighted by Gasteiger charge is -2.09. The number of benzene rings is 1. The van der Waals surface area contributed by atoms with Crippen LogP contribution >= 0.6 is 11.6 Å². The first-order valence-electron chi connectivity index (χ1n) is 8.64. The molecule has 4 aromatic rings. The number of aromatic nitrogens is 4. The van der Waals surface area contributed by atoms with Gasteiger partial charge in [-0.1, -0.05) is 28.9 Å². The van der Waals surface area contributed by atoms with Crippen LogP contribution in [0.1, 0.15) is 16.1 Å². The minimum atomic E-state index is -2.96. The molecule has 3 aromatic heterocycles. The van der Waals surface area contributed by atoms with E-state index in [0.29, 0.717) is 22.3 Å². The molecule has 0 saturated carbocycles. The Morgan fingerprint density at radius 2 is 2.13 bits per heavy atom. The number of pyridine rings is 1. The highest BCUT2D eigenvalue weighted by Gasteiger charge is 2.21. The predicted molar refractivity (Wildman–Crippen MR) is 105 cm³/mol. The Morgan fingerprint density at radius 3 is 2.83 bits per heavy atom. The molecular formula is C19H14ClF2N5O3. The van der Waals surface area contributed by atoms with E-state index in [4.69, 9.17) is 16.1 Å². The van der Waals surface area contributed by atoms with Crippen molar-refractivity contribution in [3.8, 4) is 17.0 Å². The van der Waals surface area contributed by atoms with Gasteiger partial charge in [-0.15, -0.1) is 0 Å². The zero-order valence-electron chi connectivity index (χ0n) is 15.7. The van der Waals surface area contributed by atoms with Crippen LogP contribution < -0.4 is 10.1 Å². The van der Waals surface area contributed by atoms with Crippen molar-refractivity contribution in [1.82, 2.24) is 19.9 Å². The molecule has 0 radical (unpaired) electrons. The van der Waals surface area contributed by atoms with E-state index < -0.39 is 12.5 Å².